The summed E-state index contributed by atoms with van der Waals surface area (Å²) in [5, 5.41) is 4.00. The number of benzene rings is 1. The van der Waals surface area contributed by atoms with Gasteiger partial charge >= 0.3 is 0 Å². The lowest BCUT2D eigenvalue weighted by molar-refractivity contribution is -0.00898. The van der Waals surface area contributed by atoms with Crippen LogP contribution < -0.4 is 5.32 Å². The van der Waals surface area contributed by atoms with E-state index < -0.39 is 0 Å². The number of ether oxygens (including phenoxy) is 1. The fourth-order valence-corrected chi connectivity index (χ4v) is 1.92. The Morgan fingerprint density at radius 1 is 1.40 bits per heavy atom. The predicted octanol–water partition coefficient (Wildman–Crippen LogP) is 3.03. The largest absolute Gasteiger partial charge is 0.377 e. The Bertz CT molecular complexity index is 325. The van der Waals surface area contributed by atoms with E-state index >= 15 is 0 Å². The quantitative estimate of drug-likeness (QED) is 0.854. The van der Waals surface area contributed by atoms with Crippen LogP contribution in [-0.2, 0) is 4.74 Å². The maximum absolute atomic E-state index is 5.97. The number of rotatable bonds is 4. The highest BCUT2D eigenvalue weighted by Crippen LogP contribution is 2.29. The molecule has 0 aromatic heterocycles. The summed E-state index contributed by atoms with van der Waals surface area (Å²) < 4.78 is 5.48. The molecule has 1 aromatic carbocycles. The molecule has 0 bridgehead atoms. The van der Waals surface area contributed by atoms with Crippen molar-refractivity contribution >= 4 is 11.6 Å². The molecule has 84 valence electrons. The first-order chi connectivity index (χ1) is 7.01. The Hall–Kier alpha value is -0.570. The van der Waals surface area contributed by atoms with Crippen LogP contribution >= 0.6 is 11.6 Å². The molecule has 0 aliphatic heterocycles. The molecule has 0 saturated heterocycles. The lowest BCUT2D eigenvalue weighted by Crippen LogP contribution is -2.39. The first-order valence-electron chi connectivity index (χ1n) is 4.99. The van der Waals surface area contributed by atoms with E-state index in [-0.39, 0.29) is 11.6 Å². The zero-order chi connectivity index (χ0) is 11.5. The van der Waals surface area contributed by atoms with Gasteiger partial charge in [0.2, 0.25) is 0 Å². The van der Waals surface area contributed by atoms with Gasteiger partial charge in [-0.25, -0.2) is 0 Å². The standard InChI is InChI=1S/C12H18ClNO/c1-12(2,15-4)11(14-3)9-6-5-7-10(13)8-9/h5-8,11,14H,1-4H3. The normalized spacial score (nSPS) is 13.9. The van der Waals surface area contributed by atoms with Crippen LogP contribution in [0.3, 0.4) is 0 Å². The van der Waals surface area contributed by atoms with Gasteiger partial charge in [-0.3, -0.25) is 0 Å². The maximum Gasteiger partial charge on any atom is 0.0816 e. The molecule has 0 amide bonds. The second kappa shape index (κ2) is 4.97. The summed E-state index contributed by atoms with van der Waals surface area (Å²) in [7, 11) is 3.64. The zero-order valence-corrected chi connectivity index (χ0v) is 10.4. The summed E-state index contributed by atoms with van der Waals surface area (Å²) in [6, 6.07) is 7.96. The second-order valence-electron chi connectivity index (χ2n) is 4.08. The molecule has 0 aliphatic carbocycles. The number of halogens is 1. The van der Waals surface area contributed by atoms with E-state index in [1.807, 2.05) is 31.3 Å². The van der Waals surface area contributed by atoms with Crippen molar-refractivity contribution in [3.8, 4) is 0 Å². The summed E-state index contributed by atoms with van der Waals surface area (Å²) in [4.78, 5) is 0. The highest BCUT2D eigenvalue weighted by Gasteiger charge is 2.29. The van der Waals surface area contributed by atoms with Gasteiger partial charge in [0.1, 0.15) is 0 Å². The summed E-state index contributed by atoms with van der Waals surface area (Å²) in [5.41, 5.74) is 0.872. The smallest absolute Gasteiger partial charge is 0.0816 e. The van der Waals surface area contributed by atoms with E-state index in [4.69, 9.17) is 16.3 Å². The molecular formula is C12H18ClNO. The topological polar surface area (TPSA) is 21.3 Å². The molecule has 1 N–H and O–H groups in total. The summed E-state index contributed by atoms with van der Waals surface area (Å²) >= 11 is 5.97. The van der Waals surface area contributed by atoms with Crippen molar-refractivity contribution in [2.75, 3.05) is 14.2 Å². The third-order valence-corrected chi connectivity index (χ3v) is 2.93. The van der Waals surface area contributed by atoms with Crippen LogP contribution in [0.25, 0.3) is 0 Å². The van der Waals surface area contributed by atoms with Crippen molar-refractivity contribution in [3.05, 3.63) is 34.9 Å². The van der Waals surface area contributed by atoms with Gasteiger partial charge in [0.15, 0.2) is 0 Å². The third-order valence-electron chi connectivity index (χ3n) is 2.69. The van der Waals surface area contributed by atoms with Crippen LogP contribution in [0.2, 0.25) is 5.02 Å². The van der Waals surface area contributed by atoms with Gasteiger partial charge in [-0.2, -0.15) is 0 Å². The number of hydrogen-bond acceptors (Lipinski definition) is 2. The van der Waals surface area contributed by atoms with Crippen molar-refractivity contribution in [2.45, 2.75) is 25.5 Å². The zero-order valence-electron chi connectivity index (χ0n) is 9.67. The lowest BCUT2D eigenvalue weighted by atomic mass is 9.92. The number of nitrogens with one attached hydrogen (secondary N) is 1. The van der Waals surface area contributed by atoms with Gasteiger partial charge in [0.05, 0.1) is 11.6 Å². The van der Waals surface area contributed by atoms with E-state index in [0.29, 0.717) is 0 Å². The highest BCUT2D eigenvalue weighted by molar-refractivity contribution is 6.30. The average molecular weight is 228 g/mol. The second-order valence-corrected chi connectivity index (χ2v) is 4.52. The summed E-state index contributed by atoms with van der Waals surface area (Å²) in [6.45, 7) is 4.10. The van der Waals surface area contributed by atoms with Crippen LogP contribution in [0.15, 0.2) is 24.3 Å². The average Bonchev–Trinajstić information content (AvgIpc) is 2.18. The minimum atomic E-state index is -0.264. The van der Waals surface area contributed by atoms with Crippen molar-refractivity contribution in [3.63, 3.8) is 0 Å². The van der Waals surface area contributed by atoms with Crippen LogP contribution in [0.1, 0.15) is 25.5 Å². The molecule has 1 rings (SSSR count). The maximum atomic E-state index is 5.97. The molecule has 2 nitrogen and oxygen atoms in total. The highest BCUT2D eigenvalue weighted by atomic mass is 35.5. The van der Waals surface area contributed by atoms with Crippen molar-refractivity contribution in [1.29, 1.82) is 0 Å². The Morgan fingerprint density at radius 2 is 2.07 bits per heavy atom. The van der Waals surface area contributed by atoms with Crippen LogP contribution in [0, 0.1) is 0 Å². The molecule has 3 heteroatoms. The number of likely N-dealkylation sites (N-methyl/N-ethyl adjacent to an activating group) is 1. The summed E-state index contributed by atoms with van der Waals surface area (Å²) in [6.07, 6.45) is 0. The van der Waals surface area contributed by atoms with E-state index in [0.717, 1.165) is 10.6 Å². The van der Waals surface area contributed by atoms with Crippen molar-refractivity contribution < 1.29 is 4.74 Å². The SMILES string of the molecule is CNC(c1cccc(Cl)c1)C(C)(C)OC. The molecule has 1 unspecified atom stereocenters. The Balaban J connectivity index is 3.02. The van der Waals surface area contributed by atoms with Gasteiger partial charge in [-0.1, -0.05) is 23.7 Å². The minimum Gasteiger partial charge on any atom is -0.377 e. The van der Waals surface area contributed by atoms with Crippen molar-refractivity contribution in [1.82, 2.24) is 5.32 Å². The summed E-state index contributed by atoms with van der Waals surface area (Å²) in [5.74, 6) is 0. The van der Waals surface area contributed by atoms with E-state index in [1.54, 1.807) is 7.11 Å². The fraction of sp³-hybridized carbons (Fsp3) is 0.500. The van der Waals surface area contributed by atoms with E-state index in [1.165, 1.54) is 0 Å². The Morgan fingerprint density at radius 3 is 2.53 bits per heavy atom. The number of methoxy groups -OCH3 is 1. The van der Waals surface area contributed by atoms with Crippen LogP contribution in [0.5, 0.6) is 0 Å². The van der Waals surface area contributed by atoms with Gasteiger partial charge < -0.3 is 10.1 Å². The first kappa shape index (κ1) is 12.5. The van der Waals surface area contributed by atoms with Gasteiger partial charge in [-0.05, 0) is 38.6 Å². The minimum absolute atomic E-state index is 0.126. The van der Waals surface area contributed by atoms with E-state index in [9.17, 15) is 0 Å². The monoisotopic (exact) mass is 227 g/mol. The molecule has 0 heterocycles. The van der Waals surface area contributed by atoms with Crippen LogP contribution in [-0.4, -0.2) is 19.8 Å². The molecular weight excluding hydrogens is 210 g/mol. The molecule has 0 saturated carbocycles. The Labute approximate surface area is 96.6 Å². The molecule has 1 atom stereocenters. The van der Waals surface area contributed by atoms with Crippen LogP contribution in [0.4, 0.5) is 0 Å². The van der Waals surface area contributed by atoms with E-state index in [2.05, 4.69) is 19.2 Å². The van der Waals surface area contributed by atoms with Gasteiger partial charge in [0, 0.05) is 12.1 Å². The van der Waals surface area contributed by atoms with Crippen molar-refractivity contribution in [2.24, 2.45) is 0 Å². The molecule has 0 spiro atoms. The third kappa shape index (κ3) is 2.94. The van der Waals surface area contributed by atoms with Gasteiger partial charge in [0.25, 0.3) is 0 Å². The molecule has 1 aromatic rings. The number of hydrogen-bond donors (Lipinski definition) is 1. The predicted molar refractivity (Wildman–Crippen MR) is 64.3 cm³/mol. The van der Waals surface area contributed by atoms with Gasteiger partial charge in [-0.15, -0.1) is 0 Å². The Kier molecular flexibility index (Phi) is 4.14. The molecule has 0 radical (unpaired) electrons. The first-order valence-corrected chi connectivity index (χ1v) is 5.37. The molecule has 0 aliphatic rings. The lowest BCUT2D eigenvalue weighted by Gasteiger charge is -2.33. The molecule has 0 fully saturated rings. The fourth-order valence-electron chi connectivity index (χ4n) is 1.72. The molecule has 15 heavy (non-hydrogen) atoms.